The molecule has 2 bridgehead atoms. The molecule has 2 fully saturated rings. The van der Waals surface area contributed by atoms with Crippen molar-refractivity contribution in [2.75, 3.05) is 0 Å². The van der Waals surface area contributed by atoms with Crippen molar-refractivity contribution in [1.82, 2.24) is 5.43 Å². The summed E-state index contributed by atoms with van der Waals surface area (Å²) in [4.78, 5) is 0. The van der Waals surface area contributed by atoms with E-state index in [1.165, 1.54) is 6.42 Å². The molecule has 0 radical (unpaired) electrons. The smallest absolute Gasteiger partial charge is 0.0624 e. The Morgan fingerprint density at radius 2 is 2.21 bits per heavy atom. The summed E-state index contributed by atoms with van der Waals surface area (Å²) in [6, 6.07) is 5.83. The molecule has 2 aliphatic heterocycles. The molecule has 0 spiro atoms. The van der Waals surface area contributed by atoms with Crippen LogP contribution >= 0.6 is 23.2 Å². The van der Waals surface area contributed by atoms with Gasteiger partial charge >= 0.3 is 0 Å². The van der Waals surface area contributed by atoms with Gasteiger partial charge in [0.15, 0.2) is 0 Å². The Kier molecular flexibility index (Phi) is 4.01. The van der Waals surface area contributed by atoms with Gasteiger partial charge in [-0.1, -0.05) is 29.3 Å². The molecule has 3 nitrogen and oxygen atoms in total. The van der Waals surface area contributed by atoms with E-state index in [0.29, 0.717) is 28.2 Å². The van der Waals surface area contributed by atoms with Crippen LogP contribution in [0.5, 0.6) is 0 Å². The molecule has 104 valence electrons. The van der Waals surface area contributed by atoms with Crippen LogP contribution in [0.15, 0.2) is 18.2 Å². The molecule has 3 rings (SSSR count). The molecule has 1 aromatic rings. The fourth-order valence-corrected chi connectivity index (χ4v) is 3.84. The second-order valence-corrected chi connectivity index (χ2v) is 6.33. The van der Waals surface area contributed by atoms with Crippen LogP contribution in [-0.4, -0.2) is 18.2 Å². The number of hydrogen-bond donors (Lipinski definition) is 2. The van der Waals surface area contributed by atoms with Crippen LogP contribution in [0, 0.1) is 5.92 Å². The van der Waals surface area contributed by atoms with Crippen LogP contribution in [0.1, 0.15) is 24.8 Å². The number of ether oxygens (including phenoxy) is 1. The molecule has 5 heteroatoms. The molecule has 4 unspecified atom stereocenters. The topological polar surface area (TPSA) is 47.3 Å². The molecule has 4 atom stereocenters. The summed E-state index contributed by atoms with van der Waals surface area (Å²) < 4.78 is 5.91. The van der Waals surface area contributed by atoms with Crippen molar-refractivity contribution in [1.29, 1.82) is 0 Å². The first-order valence-corrected chi connectivity index (χ1v) is 7.48. The number of rotatable bonds is 4. The summed E-state index contributed by atoms with van der Waals surface area (Å²) in [5.41, 5.74) is 4.03. The first-order chi connectivity index (χ1) is 9.17. The van der Waals surface area contributed by atoms with Crippen LogP contribution in [0.2, 0.25) is 10.0 Å². The van der Waals surface area contributed by atoms with Gasteiger partial charge in [0.2, 0.25) is 0 Å². The lowest BCUT2D eigenvalue weighted by molar-refractivity contribution is 0.0857. The van der Waals surface area contributed by atoms with E-state index in [1.807, 2.05) is 12.1 Å². The SMILES string of the molecule is NNC(Cc1ccc(Cl)cc1Cl)C1CC2CCC1O2. The number of nitrogens with two attached hydrogens (primary N) is 1. The number of benzene rings is 1. The minimum atomic E-state index is 0.203. The van der Waals surface area contributed by atoms with E-state index in [1.54, 1.807) is 6.07 Å². The number of halogens is 2. The highest BCUT2D eigenvalue weighted by molar-refractivity contribution is 6.35. The van der Waals surface area contributed by atoms with Crippen molar-refractivity contribution in [2.45, 2.75) is 43.9 Å². The van der Waals surface area contributed by atoms with Crippen LogP contribution < -0.4 is 11.3 Å². The van der Waals surface area contributed by atoms with Gasteiger partial charge in [-0.3, -0.25) is 11.3 Å². The van der Waals surface area contributed by atoms with Crippen molar-refractivity contribution >= 4 is 23.2 Å². The zero-order valence-corrected chi connectivity index (χ0v) is 12.1. The zero-order chi connectivity index (χ0) is 13.4. The minimum absolute atomic E-state index is 0.203. The number of fused-ring (bicyclic) bond motifs is 2. The highest BCUT2D eigenvalue weighted by Gasteiger charge is 2.44. The third-order valence-corrected chi connectivity index (χ3v) is 4.93. The maximum Gasteiger partial charge on any atom is 0.0624 e. The lowest BCUT2D eigenvalue weighted by Gasteiger charge is -2.28. The lowest BCUT2D eigenvalue weighted by atomic mass is 9.82. The zero-order valence-electron chi connectivity index (χ0n) is 10.6. The van der Waals surface area contributed by atoms with E-state index < -0.39 is 0 Å². The number of nitrogens with one attached hydrogen (secondary N) is 1. The molecular weight excluding hydrogens is 283 g/mol. The van der Waals surface area contributed by atoms with Crippen molar-refractivity contribution < 1.29 is 4.74 Å². The second kappa shape index (κ2) is 5.58. The largest absolute Gasteiger partial charge is 0.375 e. The van der Waals surface area contributed by atoms with E-state index in [-0.39, 0.29) is 6.04 Å². The molecular formula is C14H18Cl2N2O. The maximum absolute atomic E-state index is 6.23. The van der Waals surface area contributed by atoms with E-state index in [9.17, 15) is 0 Å². The number of hydrogen-bond acceptors (Lipinski definition) is 3. The standard InChI is InChI=1S/C14H18Cl2N2O/c15-9-2-1-8(12(16)6-9)5-13(18-17)11-7-10-3-4-14(11)19-10/h1-2,6,10-11,13-14,18H,3-5,7,17H2. The molecule has 0 amide bonds. The Morgan fingerprint density at radius 1 is 1.37 bits per heavy atom. The van der Waals surface area contributed by atoms with Crippen molar-refractivity contribution in [3.8, 4) is 0 Å². The Labute approximate surface area is 123 Å². The van der Waals surface area contributed by atoms with E-state index in [2.05, 4.69) is 5.43 Å². The average molecular weight is 301 g/mol. The van der Waals surface area contributed by atoms with E-state index in [4.69, 9.17) is 33.8 Å². The summed E-state index contributed by atoms with van der Waals surface area (Å²) in [6.45, 7) is 0. The Morgan fingerprint density at radius 3 is 2.79 bits per heavy atom. The molecule has 1 aromatic carbocycles. The van der Waals surface area contributed by atoms with Gasteiger partial charge in [0.1, 0.15) is 0 Å². The van der Waals surface area contributed by atoms with Gasteiger partial charge in [-0.25, -0.2) is 0 Å². The van der Waals surface area contributed by atoms with Crippen LogP contribution in [0.4, 0.5) is 0 Å². The van der Waals surface area contributed by atoms with Gasteiger partial charge in [-0.05, 0) is 43.4 Å². The van der Waals surface area contributed by atoms with Gasteiger partial charge in [0.25, 0.3) is 0 Å². The van der Waals surface area contributed by atoms with Crippen molar-refractivity contribution in [3.05, 3.63) is 33.8 Å². The van der Waals surface area contributed by atoms with Crippen LogP contribution in [-0.2, 0) is 11.2 Å². The van der Waals surface area contributed by atoms with Gasteiger partial charge in [0.05, 0.1) is 12.2 Å². The van der Waals surface area contributed by atoms with E-state index in [0.717, 1.165) is 24.8 Å². The average Bonchev–Trinajstić information content (AvgIpc) is 3.00. The molecule has 2 aliphatic rings. The molecule has 0 aliphatic carbocycles. The molecule has 0 saturated carbocycles. The van der Waals surface area contributed by atoms with Crippen molar-refractivity contribution in [3.63, 3.8) is 0 Å². The third-order valence-electron chi connectivity index (χ3n) is 4.34. The van der Waals surface area contributed by atoms with Gasteiger partial charge in [-0.15, -0.1) is 0 Å². The van der Waals surface area contributed by atoms with E-state index >= 15 is 0 Å². The Hall–Kier alpha value is -0.320. The molecule has 0 aromatic heterocycles. The minimum Gasteiger partial charge on any atom is -0.375 e. The monoisotopic (exact) mass is 300 g/mol. The highest BCUT2D eigenvalue weighted by Crippen LogP contribution is 2.41. The molecule has 2 heterocycles. The lowest BCUT2D eigenvalue weighted by Crippen LogP contribution is -2.45. The summed E-state index contributed by atoms with van der Waals surface area (Å²) in [5.74, 6) is 6.22. The van der Waals surface area contributed by atoms with Crippen LogP contribution in [0.3, 0.4) is 0 Å². The molecule has 2 saturated heterocycles. The summed E-state index contributed by atoms with van der Waals surface area (Å²) in [7, 11) is 0. The fraction of sp³-hybridized carbons (Fsp3) is 0.571. The van der Waals surface area contributed by atoms with Gasteiger partial charge in [0, 0.05) is 22.0 Å². The first kappa shape index (κ1) is 13.7. The van der Waals surface area contributed by atoms with Gasteiger partial charge < -0.3 is 4.74 Å². The van der Waals surface area contributed by atoms with Crippen LogP contribution in [0.25, 0.3) is 0 Å². The quantitative estimate of drug-likeness (QED) is 0.664. The van der Waals surface area contributed by atoms with Gasteiger partial charge in [-0.2, -0.15) is 0 Å². The first-order valence-electron chi connectivity index (χ1n) is 6.73. The molecule has 3 N–H and O–H groups in total. The second-order valence-electron chi connectivity index (χ2n) is 5.49. The predicted octanol–water partition coefficient (Wildman–Crippen LogP) is 2.94. The van der Waals surface area contributed by atoms with Crippen molar-refractivity contribution in [2.24, 2.45) is 11.8 Å². The fourth-order valence-electron chi connectivity index (χ4n) is 3.36. The molecule has 19 heavy (non-hydrogen) atoms. The Bertz CT molecular complexity index is 469. The Balaban J connectivity index is 1.73. The third kappa shape index (κ3) is 2.76. The highest BCUT2D eigenvalue weighted by atomic mass is 35.5. The maximum atomic E-state index is 6.23. The normalized spacial score (nSPS) is 30.8. The summed E-state index contributed by atoms with van der Waals surface area (Å²) >= 11 is 12.2. The number of hydrazine groups is 1. The predicted molar refractivity (Wildman–Crippen MR) is 77.3 cm³/mol. The summed E-state index contributed by atoms with van der Waals surface area (Å²) in [6.07, 6.45) is 5.06. The summed E-state index contributed by atoms with van der Waals surface area (Å²) in [5, 5.41) is 1.37.